The van der Waals surface area contributed by atoms with Gasteiger partial charge in [-0.3, -0.25) is 4.79 Å². The van der Waals surface area contributed by atoms with E-state index in [-0.39, 0.29) is 18.1 Å². The molecule has 0 bridgehead atoms. The van der Waals surface area contributed by atoms with Crippen LogP contribution in [0.25, 0.3) is 0 Å². The standard InChI is InChI=1S/C25H25NO4/c1-2-17-26-24(27)23(20-13-7-4-8-14-20)30-22-16-10-9-15-21(22)25(28)29-18-19-11-5-3-6-12-19/h3-16,23H,2,17-18H2,1H3,(H,26,27). The van der Waals surface area contributed by atoms with E-state index in [9.17, 15) is 9.59 Å². The SMILES string of the molecule is CCCNC(=O)C(Oc1ccccc1C(=O)OCc1ccccc1)c1ccccc1. The van der Waals surface area contributed by atoms with Crippen molar-refractivity contribution < 1.29 is 19.1 Å². The highest BCUT2D eigenvalue weighted by Crippen LogP contribution is 2.26. The predicted octanol–water partition coefficient (Wildman–Crippen LogP) is 4.69. The molecule has 1 N–H and O–H groups in total. The van der Waals surface area contributed by atoms with Crippen LogP contribution in [0.1, 0.15) is 40.9 Å². The smallest absolute Gasteiger partial charge is 0.342 e. The molecule has 0 saturated heterocycles. The number of carbonyl (C=O) groups is 2. The Labute approximate surface area is 176 Å². The first-order chi connectivity index (χ1) is 14.7. The molecule has 30 heavy (non-hydrogen) atoms. The number of amides is 1. The van der Waals surface area contributed by atoms with Gasteiger partial charge in [-0.1, -0.05) is 79.7 Å². The molecule has 0 aromatic heterocycles. The fourth-order valence-electron chi connectivity index (χ4n) is 2.91. The summed E-state index contributed by atoms with van der Waals surface area (Å²) in [4.78, 5) is 25.4. The van der Waals surface area contributed by atoms with E-state index in [1.165, 1.54) is 0 Å². The average Bonchev–Trinajstić information content (AvgIpc) is 2.81. The second-order valence-corrected chi connectivity index (χ2v) is 6.76. The van der Waals surface area contributed by atoms with Gasteiger partial charge >= 0.3 is 5.97 Å². The third-order valence-electron chi connectivity index (χ3n) is 4.45. The van der Waals surface area contributed by atoms with E-state index in [1.807, 2.05) is 67.6 Å². The molecule has 0 aliphatic rings. The lowest BCUT2D eigenvalue weighted by Gasteiger charge is -2.20. The minimum Gasteiger partial charge on any atom is -0.475 e. The van der Waals surface area contributed by atoms with Crippen molar-refractivity contribution in [2.45, 2.75) is 26.1 Å². The molecule has 3 rings (SSSR count). The molecule has 0 saturated carbocycles. The number of carbonyl (C=O) groups excluding carboxylic acids is 2. The van der Waals surface area contributed by atoms with Crippen LogP contribution in [0.4, 0.5) is 0 Å². The normalized spacial score (nSPS) is 11.4. The Morgan fingerprint density at radius 3 is 2.20 bits per heavy atom. The van der Waals surface area contributed by atoms with Crippen LogP contribution in [0.5, 0.6) is 5.75 Å². The maximum absolute atomic E-state index is 12.7. The van der Waals surface area contributed by atoms with Gasteiger partial charge in [0.15, 0.2) is 0 Å². The van der Waals surface area contributed by atoms with Crippen molar-refractivity contribution in [3.05, 3.63) is 102 Å². The molecule has 0 aliphatic heterocycles. The minimum absolute atomic E-state index is 0.160. The lowest BCUT2D eigenvalue weighted by molar-refractivity contribution is -0.128. The Kier molecular flexibility index (Phi) is 7.61. The summed E-state index contributed by atoms with van der Waals surface area (Å²) < 4.78 is 11.5. The zero-order chi connectivity index (χ0) is 21.2. The maximum Gasteiger partial charge on any atom is 0.342 e. The monoisotopic (exact) mass is 403 g/mol. The first kappa shape index (κ1) is 21.1. The van der Waals surface area contributed by atoms with Crippen LogP contribution in [-0.4, -0.2) is 18.4 Å². The number of hydrogen-bond donors (Lipinski definition) is 1. The van der Waals surface area contributed by atoms with E-state index >= 15 is 0 Å². The van der Waals surface area contributed by atoms with Crippen molar-refractivity contribution >= 4 is 11.9 Å². The Balaban J connectivity index is 1.79. The van der Waals surface area contributed by atoms with Crippen molar-refractivity contribution in [1.29, 1.82) is 0 Å². The lowest BCUT2D eigenvalue weighted by atomic mass is 10.1. The van der Waals surface area contributed by atoms with Gasteiger partial charge in [-0.05, 0) is 24.1 Å². The summed E-state index contributed by atoms with van der Waals surface area (Å²) in [5.41, 5.74) is 1.88. The third kappa shape index (κ3) is 5.70. The fraction of sp³-hybridized carbons (Fsp3) is 0.200. The highest BCUT2D eigenvalue weighted by Gasteiger charge is 2.25. The van der Waals surface area contributed by atoms with Crippen molar-refractivity contribution in [3.8, 4) is 5.75 Å². The minimum atomic E-state index is -0.874. The van der Waals surface area contributed by atoms with Crippen LogP contribution in [0.3, 0.4) is 0 Å². The number of benzene rings is 3. The topological polar surface area (TPSA) is 64.6 Å². The predicted molar refractivity (Wildman–Crippen MR) is 115 cm³/mol. The zero-order valence-electron chi connectivity index (χ0n) is 16.9. The van der Waals surface area contributed by atoms with Crippen molar-refractivity contribution in [2.24, 2.45) is 0 Å². The van der Waals surface area contributed by atoms with E-state index in [1.54, 1.807) is 24.3 Å². The van der Waals surface area contributed by atoms with Crippen LogP contribution in [0.2, 0.25) is 0 Å². The first-order valence-electron chi connectivity index (χ1n) is 9.98. The number of hydrogen-bond acceptors (Lipinski definition) is 4. The average molecular weight is 403 g/mol. The van der Waals surface area contributed by atoms with E-state index in [0.29, 0.717) is 17.9 Å². The number of nitrogens with one attached hydrogen (secondary N) is 1. The van der Waals surface area contributed by atoms with Crippen molar-refractivity contribution in [3.63, 3.8) is 0 Å². The van der Waals surface area contributed by atoms with E-state index in [0.717, 1.165) is 12.0 Å². The molecule has 1 unspecified atom stereocenters. The molecule has 5 nitrogen and oxygen atoms in total. The van der Waals surface area contributed by atoms with Crippen LogP contribution >= 0.6 is 0 Å². The molecule has 5 heteroatoms. The quantitative estimate of drug-likeness (QED) is 0.527. The van der Waals surface area contributed by atoms with Crippen LogP contribution in [-0.2, 0) is 16.1 Å². The van der Waals surface area contributed by atoms with Crippen LogP contribution in [0.15, 0.2) is 84.9 Å². The highest BCUT2D eigenvalue weighted by molar-refractivity contribution is 5.92. The Morgan fingerprint density at radius 2 is 1.50 bits per heavy atom. The Hall–Kier alpha value is -3.60. The van der Waals surface area contributed by atoms with Crippen LogP contribution in [0, 0.1) is 0 Å². The molecule has 1 atom stereocenters. The zero-order valence-corrected chi connectivity index (χ0v) is 16.9. The molecule has 3 aromatic carbocycles. The highest BCUT2D eigenvalue weighted by atomic mass is 16.5. The van der Waals surface area contributed by atoms with Crippen LogP contribution < -0.4 is 10.1 Å². The number of rotatable bonds is 9. The lowest BCUT2D eigenvalue weighted by Crippen LogP contribution is -2.33. The summed E-state index contributed by atoms with van der Waals surface area (Å²) in [7, 11) is 0. The second-order valence-electron chi connectivity index (χ2n) is 6.76. The van der Waals surface area contributed by atoms with E-state index < -0.39 is 12.1 Å². The molecule has 1 amide bonds. The summed E-state index contributed by atoms with van der Waals surface area (Å²) in [6.45, 7) is 2.69. The Bertz CT molecular complexity index is 957. The summed E-state index contributed by atoms with van der Waals surface area (Å²) in [5, 5.41) is 2.87. The molecule has 3 aromatic rings. The van der Waals surface area contributed by atoms with Gasteiger partial charge in [0.1, 0.15) is 17.9 Å². The molecule has 0 aliphatic carbocycles. The van der Waals surface area contributed by atoms with Gasteiger partial charge in [0.2, 0.25) is 6.10 Å². The van der Waals surface area contributed by atoms with Gasteiger partial charge < -0.3 is 14.8 Å². The van der Waals surface area contributed by atoms with E-state index in [2.05, 4.69) is 5.32 Å². The number of esters is 1. The third-order valence-corrected chi connectivity index (χ3v) is 4.45. The number of para-hydroxylation sites is 1. The molecule has 0 heterocycles. The fourth-order valence-corrected chi connectivity index (χ4v) is 2.91. The largest absolute Gasteiger partial charge is 0.475 e. The van der Waals surface area contributed by atoms with Gasteiger partial charge in [-0.25, -0.2) is 4.79 Å². The summed E-state index contributed by atoms with van der Waals surface area (Å²) >= 11 is 0. The maximum atomic E-state index is 12.7. The molecule has 0 radical (unpaired) electrons. The molecule has 0 fully saturated rings. The van der Waals surface area contributed by atoms with Gasteiger partial charge in [0.05, 0.1) is 0 Å². The molecular weight excluding hydrogens is 378 g/mol. The first-order valence-corrected chi connectivity index (χ1v) is 9.98. The molecule has 0 spiro atoms. The summed E-state index contributed by atoms with van der Waals surface area (Å²) in [5.74, 6) is -0.457. The molecular formula is C25H25NO4. The van der Waals surface area contributed by atoms with Gasteiger partial charge in [-0.2, -0.15) is 0 Å². The summed E-state index contributed by atoms with van der Waals surface area (Å²) in [6.07, 6.45) is -0.0591. The number of ether oxygens (including phenoxy) is 2. The van der Waals surface area contributed by atoms with Gasteiger partial charge in [-0.15, -0.1) is 0 Å². The van der Waals surface area contributed by atoms with Crippen molar-refractivity contribution in [1.82, 2.24) is 5.32 Å². The summed E-state index contributed by atoms with van der Waals surface area (Å²) in [6, 6.07) is 25.5. The molecule has 154 valence electrons. The van der Waals surface area contributed by atoms with Crippen molar-refractivity contribution in [2.75, 3.05) is 6.54 Å². The van der Waals surface area contributed by atoms with E-state index in [4.69, 9.17) is 9.47 Å². The Morgan fingerprint density at radius 1 is 0.867 bits per heavy atom. The second kappa shape index (κ2) is 10.8. The van der Waals surface area contributed by atoms with Gasteiger partial charge in [0, 0.05) is 12.1 Å². The van der Waals surface area contributed by atoms with Gasteiger partial charge in [0.25, 0.3) is 5.91 Å².